The van der Waals surface area contributed by atoms with E-state index in [1.807, 2.05) is 7.05 Å². The first-order chi connectivity index (χ1) is 15.1. The Morgan fingerprint density at radius 1 is 1.31 bits per heavy atom. The van der Waals surface area contributed by atoms with Crippen LogP contribution >= 0.6 is 11.8 Å². The van der Waals surface area contributed by atoms with E-state index in [1.54, 1.807) is 43.4 Å². The zero-order valence-electron chi connectivity index (χ0n) is 18.4. The molecule has 11 heteroatoms. The molecule has 4 rings (SSSR count). The van der Waals surface area contributed by atoms with Crippen LogP contribution in [0.3, 0.4) is 0 Å². The van der Waals surface area contributed by atoms with E-state index in [0.717, 1.165) is 48.9 Å². The van der Waals surface area contributed by atoms with Gasteiger partial charge in [-0.05, 0) is 55.3 Å². The summed E-state index contributed by atoms with van der Waals surface area (Å²) in [5.74, 6) is 1.72. The number of hydrogen-bond acceptors (Lipinski definition) is 6. The topological polar surface area (TPSA) is 66.2 Å². The van der Waals surface area contributed by atoms with Crippen molar-refractivity contribution in [2.75, 3.05) is 25.4 Å². The molecule has 1 aromatic heterocycles. The summed E-state index contributed by atoms with van der Waals surface area (Å²) in [6.45, 7) is 4.67. The highest BCUT2D eigenvalue weighted by molar-refractivity contribution is 7.99. The highest BCUT2D eigenvalue weighted by Gasteiger charge is 2.57. The number of aromatic nitrogens is 3. The summed E-state index contributed by atoms with van der Waals surface area (Å²) in [5, 5.41) is 22.2. The largest absolute Gasteiger partial charge is 0.503 e. The summed E-state index contributed by atoms with van der Waals surface area (Å²) in [5.41, 5.74) is 1.28. The van der Waals surface area contributed by atoms with E-state index in [0.29, 0.717) is 17.4 Å². The molecule has 2 aromatic rings. The van der Waals surface area contributed by atoms with Crippen molar-refractivity contribution in [1.82, 2.24) is 24.9 Å². The first-order valence-electron chi connectivity index (χ1n) is 10.6. The summed E-state index contributed by atoms with van der Waals surface area (Å²) in [6.07, 6.45) is -2.16. The second-order valence-corrected chi connectivity index (χ2v) is 9.76. The molecule has 2 aliphatic rings. The van der Waals surface area contributed by atoms with Gasteiger partial charge in [0.15, 0.2) is 10.9 Å². The fraction of sp³-hybridized carbons (Fsp3) is 0.524. The second kappa shape index (κ2) is 8.66. The fourth-order valence-electron chi connectivity index (χ4n) is 4.55. The van der Waals surface area contributed by atoms with Crippen molar-refractivity contribution in [3.63, 3.8) is 0 Å². The molecule has 2 fully saturated rings. The number of aliphatic hydroxyl groups is 1. The monoisotopic (exact) mass is 465 g/mol. The van der Waals surface area contributed by atoms with Gasteiger partial charge in [0, 0.05) is 31.6 Å². The van der Waals surface area contributed by atoms with E-state index >= 15 is 0 Å². The molecule has 0 radical (unpaired) electrons. The van der Waals surface area contributed by atoms with Gasteiger partial charge >= 0.3 is 6.18 Å². The van der Waals surface area contributed by atoms with E-state index < -0.39 is 11.7 Å². The Morgan fingerprint density at radius 3 is 2.69 bits per heavy atom. The van der Waals surface area contributed by atoms with Crippen LogP contribution in [-0.4, -0.2) is 58.1 Å². The normalized spacial score (nSPS) is 24.1. The van der Waals surface area contributed by atoms with Crippen molar-refractivity contribution in [2.24, 2.45) is 12.5 Å². The van der Waals surface area contributed by atoms with Gasteiger partial charge in [-0.2, -0.15) is 13.2 Å². The van der Waals surface area contributed by atoms with E-state index in [1.165, 1.54) is 12.1 Å². The predicted molar refractivity (Wildman–Crippen MR) is 121 cm³/mol. The zero-order chi connectivity index (χ0) is 23.1. The minimum Gasteiger partial charge on any atom is -0.503 e. The van der Waals surface area contributed by atoms with Crippen LogP contribution in [0.25, 0.3) is 5.76 Å². The summed E-state index contributed by atoms with van der Waals surface area (Å²) < 4.78 is 40.2. The molecule has 1 saturated heterocycles. The van der Waals surface area contributed by atoms with E-state index in [9.17, 15) is 18.3 Å². The molecule has 2 atom stereocenters. The number of thioether (sulfide) groups is 1. The molecular formula is C21H27BF3N5OS. The smallest absolute Gasteiger partial charge is 0.416 e. The average molecular weight is 465 g/mol. The summed E-state index contributed by atoms with van der Waals surface area (Å²) in [7, 11) is 3.57. The Morgan fingerprint density at radius 2 is 2.03 bits per heavy atom. The fourth-order valence-corrected chi connectivity index (χ4v) is 5.46. The molecule has 1 aliphatic carbocycles. The summed E-state index contributed by atoms with van der Waals surface area (Å²) in [6, 6.07) is 5.69. The molecule has 2 heterocycles. The maximum Gasteiger partial charge on any atom is 0.416 e. The predicted octanol–water partition coefficient (Wildman–Crippen LogP) is 3.19. The summed E-state index contributed by atoms with van der Waals surface area (Å²) in [4.78, 5) is 2.43. The first kappa shape index (κ1) is 23.0. The van der Waals surface area contributed by atoms with E-state index in [-0.39, 0.29) is 11.2 Å². The first-order valence-corrected chi connectivity index (χ1v) is 11.6. The third kappa shape index (κ3) is 4.50. The molecule has 1 spiro atoms. The van der Waals surface area contributed by atoms with Crippen LogP contribution in [-0.2, 0) is 13.2 Å². The number of likely N-dealkylation sites (tertiary alicyclic amines) is 1. The lowest BCUT2D eigenvalue weighted by atomic mass is 9.97. The van der Waals surface area contributed by atoms with Gasteiger partial charge in [-0.25, -0.2) is 0 Å². The number of alkyl halides is 3. The molecule has 1 aliphatic heterocycles. The molecule has 1 saturated carbocycles. The number of nitrogens with one attached hydrogen (secondary N) is 1. The van der Waals surface area contributed by atoms with Crippen molar-refractivity contribution in [1.29, 1.82) is 0 Å². The van der Waals surface area contributed by atoms with Gasteiger partial charge in [0.25, 0.3) is 0 Å². The number of hydrogen-bond donors (Lipinski definition) is 2. The molecular weight excluding hydrogens is 438 g/mol. The number of halogens is 3. The minimum absolute atomic E-state index is 0.0823. The Bertz CT molecular complexity index is 1010. The van der Waals surface area contributed by atoms with Gasteiger partial charge in [-0.3, -0.25) is 0 Å². The number of nitrogens with zero attached hydrogens (tertiary/aromatic N) is 4. The van der Waals surface area contributed by atoms with Crippen LogP contribution < -0.4 is 5.23 Å². The van der Waals surface area contributed by atoms with Crippen LogP contribution in [0.5, 0.6) is 0 Å². The maximum absolute atomic E-state index is 12.8. The van der Waals surface area contributed by atoms with Crippen LogP contribution in [0.1, 0.15) is 42.6 Å². The standard InChI is InChI=1S/C21H27BF3N5OS/c1-13(26-22)17(31)18-27-28-19(29(18)2)32-10-9-30-8-7-20(12-30)11-16(20)14-3-5-15(6-4-14)21(23,24)25/h3-6,16,26,31H,7-12,22H2,1-2H3/b17-13-/t16-,20+/m1/s1. The molecule has 2 N–H and O–H groups in total. The highest BCUT2D eigenvalue weighted by atomic mass is 32.2. The molecule has 1 aromatic carbocycles. The molecule has 0 bridgehead atoms. The number of rotatable bonds is 7. The minimum atomic E-state index is -4.29. The van der Waals surface area contributed by atoms with Gasteiger partial charge in [0.05, 0.1) is 5.56 Å². The number of benzene rings is 1. The Labute approximate surface area is 190 Å². The quantitative estimate of drug-likeness (QED) is 0.372. The van der Waals surface area contributed by atoms with Crippen LogP contribution in [0.15, 0.2) is 35.1 Å². The van der Waals surface area contributed by atoms with Gasteiger partial charge in [-0.1, -0.05) is 23.9 Å². The third-order valence-electron chi connectivity index (χ3n) is 6.71. The average Bonchev–Trinajstić information content (AvgIpc) is 3.11. The molecule has 0 unspecified atom stereocenters. The van der Waals surface area contributed by atoms with Gasteiger partial charge in [0.2, 0.25) is 13.8 Å². The lowest BCUT2D eigenvalue weighted by Gasteiger charge is -2.16. The Kier molecular flexibility index (Phi) is 6.24. The van der Waals surface area contributed by atoms with Crippen molar-refractivity contribution in [2.45, 2.75) is 37.0 Å². The number of allylic oxidation sites excluding steroid dienone is 1. The van der Waals surface area contributed by atoms with Crippen LogP contribution in [0.2, 0.25) is 0 Å². The third-order valence-corrected chi connectivity index (χ3v) is 7.71. The number of aliphatic hydroxyl groups excluding tert-OH is 1. The lowest BCUT2D eigenvalue weighted by Crippen LogP contribution is -2.24. The molecule has 0 amide bonds. The highest BCUT2D eigenvalue weighted by Crippen LogP contribution is 2.64. The van der Waals surface area contributed by atoms with Crippen molar-refractivity contribution in [3.05, 3.63) is 46.9 Å². The van der Waals surface area contributed by atoms with Crippen LogP contribution in [0, 0.1) is 5.41 Å². The van der Waals surface area contributed by atoms with Crippen molar-refractivity contribution >= 4 is 25.5 Å². The maximum atomic E-state index is 12.8. The van der Waals surface area contributed by atoms with Gasteiger partial charge < -0.3 is 19.8 Å². The summed E-state index contributed by atoms with van der Waals surface area (Å²) >= 11 is 1.60. The van der Waals surface area contributed by atoms with E-state index in [2.05, 4.69) is 20.3 Å². The molecule has 172 valence electrons. The SMILES string of the molecule is BN/C(C)=C(\O)c1nnc(SCCN2CC[C@]3(C[C@@H]3c3ccc(C(F)(F)F)cc3)C2)n1C. The van der Waals surface area contributed by atoms with Gasteiger partial charge in [0.1, 0.15) is 0 Å². The lowest BCUT2D eigenvalue weighted by molar-refractivity contribution is -0.137. The molecule has 32 heavy (non-hydrogen) atoms. The zero-order valence-corrected chi connectivity index (χ0v) is 19.2. The second-order valence-electron chi connectivity index (χ2n) is 8.70. The Hall–Kier alpha value is -2.14. The van der Waals surface area contributed by atoms with Crippen LogP contribution in [0.4, 0.5) is 13.2 Å². The van der Waals surface area contributed by atoms with Crippen molar-refractivity contribution in [3.8, 4) is 0 Å². The Balaban J connectivity index is 1.29. The van der Waals surface area contributed by atoms with Gasteiger partial charge in [-0.15, -0.1) is 10.2 Å². The van der Waals surface area contributed by atoms with E-state index in [4.69, 9.17) is 0 Å². The van der Waals surface area contributed by atoms with Crippen molar-refractivity contribution < 1.29 is 18.3 Å². The molecule has 6 nitrogen and oxygen atoms in total.